The first-order valence-electron chi connectivity index (χ1n) is 12.8. The van der Waals surface area contributed by atoms with Crippen molar-refractivity contribution in [2.75, 3.05) is 13.3 Å². The molecule has 3 aliphatic rings. The van der Waals surface area contributed by atoms with Gasteiger partial charge < -0.3 is 19.0 Å². The maximum absolute atomic E-state index is 14.0. The summed E-state index contributed by atoms with van der Waals surface area (Å²) in [6, 6.07) is 12.3. The summed E-state index contributed by atoms with van der Waals surface area (Å²) in [4.78, 5) is 0.275. The second-order valence-electron chi connectivity index (χ2n) is 11.9. The van der Waals surface area contributed by atoms with Crippen LogP contribution in [-0.4, -0.2) is 57.7 Å². The molecule has 2 heterocycles. The van der Waals surface area contributed by atoms with E-state index in [9.17, 15) is 13.5 Å². The van der Waals surface area contributed by atoms with Crippen LogP contribution in [0.1, 0.15) is 44.2 Å². The van der Waals surface area contributed by atoms with Crippen LogP contribution in [0.25, 0.3) is 0 Å². The predicted molar refractivity (Wildman–Crippen MR) is 145 cm³/mol. The van der Waals surface area contributed by atoms with Gasteiger partial charge in [-0.3, -0.25) is 0 Å². The van der Waals surface area contributed by atoms with E-state index in [4.69, 9.17) is 13.9 Å². The van der Waals surface area contributed by atoms with E-state index in [1.165, 1.54) is 0 Å². The molecule has 0 bridgehead atoms. The van der Waals surface area contributed by atoms with Gasteiger partial charge in [0, 0.05) is 18.5 Å². The molecule has 37 heavy (non-hydrogen) atoms. The average molecular weight is 544 g/mol. The fraction of sp³-hybridized carbons (Fsp3) is 0.500. The number of hydrogen-bond acceptors (Lipinski definition) is 6. The second-order valence-corrected chi connectivity index (χ2v) is 18.5. The molecule has 1 fully saturated rings. The minimum atomic E-state index is -3.78. The smallest absolute Gasteiger partial charge is 0.243 e. The molecule has 4 atom stereocenters. The number of rotatable bonds is 5. The first-order chi connectivity index (χ1) is 17.3. The van der Waals surface area contributed by atoms with Gasteiger partial charge in [-0.25, -0.2) is 8.42 Å². The molecule has 5 rings (SSSR count). The maximum atomic E-state index is 14.0. The van der Waals surface area contributed by atoms with Crippen molar-refractivity contribution >= 4 is 18.3 Å². The van der Waals surface area contributed by atoms with E-state index in [0.717, 1.165) is 16.7 Å². The number of fused-ring (bicyclic) bond motifs is 2. The van der Waals surface area contributed by atoms with Crippen LogP contribution in [0.15, 0.2) is 59.0 Å². The third kappa shape index (κ3) is 4.76. The summed E-state index contributed by atoms with van der Waals surface area (Å²) in [5.74, 6) is 1.14. The van der Waals surface area contributed by atoms with Gasteiger partial charge in [0.15, 0.2) is 19.8 Å². The summed E-state index contributed by atoms with van der Waals surface area (Å²) in [6.07, 6.45) is 0.970. The summed E-state index contributed by atoms with van der Waals surface area (Å²) < 4.78 is 47.2. The number of benzene rings is 2. The normalized spacial score (nSPS) is 26.2. The van der Waals surface area contributed by atoms with Crippen LogP contribution < -0.4 is 9.47 Å². The van der Waals surface area contributed by atoms with Gasteiger partial charge in [-0.1, -0.05) is 50.6 Å². The summed E-state index contributed by atoms with van der Waals surface area (Å²) >= 11 is 0. The van der Waals surface area contributed by atoms with Crippen LogP contribution in [0, 0.1) is 6.92 Å². The highest BCUT2D eigenvalue weighted by Gasteiger charge is 2.50. The van der Waals surface area contributed by atoms with E-state index >= 15 is 0 Å². The Kier molecular flexibility index (Phi) is 6.60. The molecule has 1 saturated heterocycles. The van der Waals surface area contributed by atoms with Crippen LogP contribution in [0.5, 0.6) is 11.5 Å². The van der Waals surface area contributed by atoms with Crippen molar-refractivity contribution in [1.29, 1.82) is 0 Å². The molecular formula is C28H37NO6SSi. The molecule has 0 aromatic heterocycles. The van der Waals surface area contributed by atoms with Crippen molar-refractivity contribution in [3.63, 3.8) is 0 Å². The first-order valence-corrected chi connectivity index (χ1v) is 17.2. The Morgan fingerprint density at radius 2 is 1.73 bits per heavy atom. The lowest BCUT2D eigenvalue weighted by Gasteiger charge is -2.43. The topological polar surface area (TPSA) is 85.3 Å². The molecule has 9 heteroatoms. The van der Waals surface area contributed by atoms with Gasteiger partial charge in [0.2, 0.25) is 16.8 Å². The van der Waals surface area contributed by atoms with Crippen LogP contribution in [0.3, 0.4) is 0 Å². The van der Waals surface area contributed by atoms with Gasteiger partial charge in [-0.2, -0.15) is 4.31 Å². The number of ether oxygens (including phenoxy) is 2. The molecule has 0 spiro atoms. The first kappa shape index (κ1) is 26.4. The van der Waals surface area contributed by atoms with E-state index in [0.29, 0.717) is 17.9 Å². The maximum Gasteiger partial charge on any atom is 0.243 e. The molecule has 2 aromatic carbocycles. The van der Waals surface area contributed by atoms with Gasteiger partial charge in [-0.15, -0.1) is 0 Å². The summed E-state index contributed by atoms with van der Waals surface area (Å²) in [7, 11) is -5.98. The molecule has 0 amide bonds. The molecular weight excluding hydrogens is 506 g/mol. The fourth-order valence-corrected chi connectivity index (χ4v) is 8.15. The highest BCUT2D eigenvalue weighted by Crippen LogP contribution is 2.47. The third-order valence-corrected chi connectivity index (χ3v) is 14.8. The minimum Gasteiger partial charge on any atom is -0.454 e. The van der Waals surface area contributed by atoms with Gasteiger partial charge in [-0.05, 0) is 66.9 Å². The number of sulfonamides is 1. The van der Waals surface area contributed by atoms with E-state index in [1.807, 2.05) is 43.3 Å². The number of nitrogens with zero attached hydrogens (tertiary/aromatic N) is 1. The van der Waals surface area contributed by atoms with E-state index < -0.39 is 36.6 Å². The number of aliphatic hydroxyl groups excluding tert-OH is 1. The molecule has 7 nitrogen and oxygen atoms in total. The molecule has 1 N–H and O–H groups in total. The quantitative estimate of drug-likeness (QED) is 0.424. The zero-order chi connectivity index (χ0) is 26.8. The van der Waals surface area contributed by atoms with E-state index in [-0.39, 0.29) is 29.2 Å². The van der Waals surface area contributed by atoms with Crippen LogP contribution >= 0.6 is 0 Å². The number of hydrogen-bond donors (Lipinski definition) is 1. The average Bonchev–Trinajstić information content (AvgIpc) is 3.43. The summed E-state index contributed by atoms with van der Waals surface area (Å²) in [5, 5.41) is 11.2. The van der Waals surface area contributed by atoms with Crippen molar-refractivity contribution in [2.24, 2.45) is 0 Å². The standard InChI is InChI=1S/C28H37NO6SSi/c1-18-7-10-20(11-8-18)36(31,32)29-16-22(19-9-12-25-27(13-19)34-17-33-25)21-14-24(30)26(15-23(21)29)35-37(5,6)28(2,3)4/h7-14,22-24,26,30H,15-17H2,1-6H3/t22-,23+,24-,26+/m0/s1. The minimum absolute atomic E-state index is 0.0327. The largest absolute Gasteiger partial charge is 0.454 e. The Morgan fingerprint density at radius 1 is 1.05 bits per heavy atom. The summed E-state index contributed by atoms with van der Waals surface area (Å²) in [5.41, 5.74) is 2.86. The Morgan fingerprint density at radius 3 is 2.41 bits per heavy atom. The van der Waals surface area contributed by atoms with Crippen LogP contribution in [0.2, 0.25) is 18.1 Å². The zero-order valence-corrected chi connectivity index (χ0v) is 24.2. The van der Waals surface area contributed by atoms with Gasteiger partial charge in [0.25, 0.3) is 0 Å². The molecule has 0 radical (unpaired) electrons. The second kappa shape index (κ2) is 9.23. The predicted octanol–water partition coefficient (Wildman–Crippen LogP) is 4.96. The highest BCUT2D eigenvalue weighted by atomic mass is 32.2. The number of aliphatic hydroxyl groups is 1. The van der Waals surface area contributed by atoms with Crippen molar-refractivity contribution in [2.45, 2.75) is 81.3 Å². The van der Waals surface area contributed by atoms with Crippen molar-refractivity contribution in [1.82, 2.24) is 4.31 Å². The molecule has 2 aromatic rings. The fourth-order valence-electron chi connectivity index (χ4n) is 5.17. The Balaban J connectivity index is 1.55. The Bertz CT molecular complexity index is 1320. The van der Waals surface area contributed by atoms with Crippen molar-refractivity contribution in [3.8, 4) is 11.5 Å². The van der Waals surface area contributed by atoms with Gasteiger partial charge in [0.05, 0.1) is 17.1 Å². The monoisotopic (exact) mass is 543 g/mol. The van der Waals surface area contributed by atoms with E-state index in [1.54, 1.807) is 16.4 Å². The summed E-state index contributed by atoms with van der Waals surface area (Å²) in [6.45, 7) is 13.2. The molecule has 0 unspecified atom stereocenters. The lowest BCUT2D eigenvalue weighted by molar-refractivity contribution is 0.0358. The molecule has 0 saturated carbocycles. The van der Waals surface area contributed by atoms with Gasteiger partial charge >= 0.3 is 0 Å². The molecule has 200 valence electrons. The Labute approximate surface area is 221 Å². The zero-order valence-electron chi connectivity index (χ0n) is 22.4. The highest BCUT2D eigenvalue weighted by molar-refractivity contribution is 7.89. The number of aryl methyl sites for hydroxylation is 1. The van der Waals surface area contributed by atoms with Gasteiger partial charge in [0.1, 0.15) is 0 Å². The lowest BCUT2D eigenvalue weighted by atomic mass is 9.83. The SMILES string of the molecule is Cc1ccc(S(=O)(=O)N2C[C@@H](c3ccc4c(c3)OCO4)C3=C[C@H](O)[C@H](O[Si](C)(C)C(C)(C)C)C[C@H]32)cc1. The third-order valence-electron chi connectivity index (χ3n) is 8.38. The van der Waals surface area contributed by atoms with Crippen LogP contribution in [-0.2, 0) is 14.4 Å². The van der Waals surface area contributed by atoms with Crippen molar-refractivity contribution < 1.29 is 27.4 Å². The van der Waals surface area contributed by atoms with Crippen molar-refractivity contribution in [3.05, 3.63) is 65.2 Å². The van der Waals surface area contributed by atoms with Crippen LogP contribution in [0.4, 0.5) is 0 Å². The molecule has 2 aliphatic heterocycles. The lowest BCUT2D eigenvalue weighted by Crippen LogP contribution is -2.50. The molecule has 1 aliphatic carbocycles. The Hall–Kier alpha value is -2.17. The van der Waals surface area contributed by atoms with E-state index in [2.05, 4.69) is 33.9 Å².